The number of rotatable bonds is 5. The van der Waals surface area contributed by atoms with E-state index in [0.29, 0.717) is 11.7 Å². The third-order valence-electron chi connectivity index (χ3n) is 4.10. The van der Waals surface area contributed by atoms with E-state index in [1.54, 1.807) is 0 Å². The molecule has 0 saturated heterocycles. The van der Waals surface area contributed by atoms with E-state index in [0.717, 1.165) is 19.3 Å². The van der Waals surface area contributed by atoms with Crippen molar-refractivity contribution in [3.8, 4) is 5.75 Å². The largest absolute Gasteiger partial charge is 0.484 e. The van der Waals surface area contributed by atoms with Gasteiger partial charge in [-0.3, -0.25) is 20.2 Å². The van der Waals surface area contributed by atoms with Crippen LogP contribution in [0.5, 0.6) is 5.75 Å². The predicted molar refractivity (Wildman–Crippen MR) is 86.7 cm³/mol. The van der Waals surface area contributed by atoms with Gasteiger partial charge >= 0.3 is 6.03 Å². The average Bonchev–Trinajstić information content (AvgIpc) is 2.55. The van der Waals surface area contributed by atoms with E-state index in [2.05, 4.69) is 17.6 Å². The number of carbonyl (C=O) groups is 2. The minimum Gasteiger partial charge on any atom is -0.484 e. The van der Waals surface area contributed by atoms with E-state index in [4.69, 9.17) is 4.74 Å². The fourth-order valence-electron chi connectivity index (χ4n) is 2.71. The lowest BCUT2D eigenvalue weighted by molar-refractivity contribution is -0.384. The van der Waals surface area contributed by atoms with Gasteiger partial charge in [0.25, 0.3) is 11.6 Å². The van der Waals surface area contributed by atoms with Gasteiger partial charge in [-0.05, 0) is 30.9 Å². The molecule has 0 bridgehead atoms. The quantitative estimate of drug-likeness (QED) is 0.634. The number of carbonyl (C=O) groups excluding carboxylic acids is 2. The maximum Gasteiger partial charge on any atom is 0.321 e. The second-order valence-corrected chi connectivity index (χ2v) is 5.93. The van der Waals surface area contributed by atoms with E-state index in [-0.39, 0.29) is 18.3 Å². The van der Waals surface area contributed by atoms with Crippen molar-refractivity contribution in [1.82, 2.24) is 10.6 Å². The Bertz CT molecular complexity index is 602. The highest BCUT2D eigenvalue weighted by molar-refractivity contribution is 5.95. The van der Waals surface area contributed by atoms with Crippen LogP contribution < -0.4 is 15.4 Å². The predicted octanol–water partition coefficient (Wildman–Crippen LogP) is 2.38. The van der Waals surface area contributed by atoms with Crippen molar-refractivity contribution >= 4 is 17.6 Å². The zero-order valence-corrected chi connectivity index (χ0v) is 13.5. The van der Waals surface area contributed by atoms with Crippen LogP contribution in [0, 0.1) is 16.0 Å². The second kappa shape index (κ2) is 8.28. The molecule has 1 fully saturated rings. The first-order valence-electron chi connectivity index (χ1n) is 7.93. The number of nitrogens with one attached hydrogen (secondary N) is 2. The van der Waals surface area contributed by atoms with Crippen molar-refractivity contribution in [2.45, 2.75) is 38.6 Å². The van der Waals surface area contributed by atoms with Crippen molar-refractivity contribution in [2.24, 2.45) is 5.92 Å². The molecule has 3 amide bonds. The highest BCUT2D eigenvalue weighted by atomic mass is 16.6. The lowest BCUT2D eigenvalue weighted by atomic mass is 9.86. The number of benzene rings is 1. The average molecular weight is 335 g/mol. The summed E-state index contributed by atoms with van der Waals surface area (Å²) >= 11 is 0. The first-order valence-corrected chi connectivity index (χ1v) is 7.93. The van der Waals surface area contributed by atoms with Gasteiger partial charge in [-0.2, -0.15) is 0 Å². The molecule has 0 spiro atoms. The standard InChI is InChI=1S/C16H21N3O5/c1-11-4-2-3-5-14(11)17-16(21)18-15(20)10-24-13-8-6-12(7-9-13)19(22)23/h6-9,11,14H,2-5,10H2,1H3,(H2,17,18,20,21)/t11-,14+/m1/s1. The van der Waals surface area contributed by atoms with Gasteiger partial charge in [0.05, 0.1) is 4.92 Å². The summed E-state index contributed by atoms with van der Waals surface area (Å²) in [5.41, 5.74) is -0.0622. The number of hydrogen-bond donors (Lipinski definition) is 2. The molecular weight excluding hydrogens is 314 g/mol. The number of hydrogen-bond acceptors (Lipinski definition) is 5. The summed E-state index contributed by atoms with van der Waals surface area (Å²) in [6.07, 6.45) is 4.24. The Balaban J connectivity index is 1.74. The monoisotopic (exact) mass is 335 g/mol. The van der Waals surface area contributed by atoms with Gasteiger partial charge in [0, 0.05) is 18.2 Å². The maximum absolute atomic E-state index is 11.8. The number of amides is 3. The number of nitro benzene ring substituents is 1. The molecule has 8 nitrogen and oxygen atoms in total. The third-order valence-corrected chi connectivity index (χ3v) is 4.10. The molecule has 130 valence electrons. The van der Waals surface area contributed by atoms with Gasteiger partial charge in [0.1, 0.15) is 5.75 Å². The van der Waals surface area contributed by atoms with Crippen molar-refractivity contribution in [3.05, 3.63) is 34.4 Å². The van der Waals surface area contributed by atoms with E-state index in [9.17, 15) is 19.7 Å². The summed E-state index contributed by atoms with van der Waals surface area (Å²) < 4.78 is 5.20. The minimum atomic E-state index is -0.575. The van der Waals surface area contributed by atoms with Crippen LogP contribution in [0.1, 0.15) is 32.6 Å². The molecule has 0 aliphatic heterocycles. The summed E-state index contributed by atoms with van der Waals surface area (Å²) in [6, 6.07) is 4.92. The van der Waals surface area contributed by atoms with Crippen LogP contribution in [0.4, 0.5) is 10.5 Å². The normalized spacial score (nSPS) is 20.0. The van der Waals surface area contributed by atoms with E-state index >= 15 is 0 Å². The Morgan fingerprint density at radius 1 is 1.25 bits per heavy atom. The van der Waals surface area contributed by atoms with Gasteiger partial charge in [0.15, 0.2) is 6.61 Å². The molecule has 2 atom stereocenters. The van der Waals surface area contributed by atoms with Crippen LogP contribution in [0.3, 0.4) is 0 Å². The van der Waals surface area contributed by atoms with Gasteiger partial charge < -0.3 is 10.1 Å². The van der Waals surface area contributed by atoms with Gasteiger partial charge in [0.2, 0.25) is 0 Å². The SMILES string of the molecule is C[C@@H]1CCCC[C@@H]1NC(=O)NC(=O)COc1ccc([N+](=O)[O-])cc1. The molecule has 1 aliphatic carbocycles. The first-order chi connectivity index (χ1) is 11.5. The Kier molecular flexibility index (Phi) is 6.11. The molecule has 8 heteroatoms. The molecule has 0 heterocycles. The number of nitrogens with zero attached hydrogens (tertiary/aromatic N) is 1. The number of imide groups is 1. The van der Waals surface area contributed by atoms with Crippen LogP contribution in [0.25, 0.3) is 0 Å². The third kappa shape index (κ3) is 5.22. The van der Waals surface area contributed by atoms with Crippen molar-refractivity contribution < 1.29 is 19.2 Å². The molecule has 0 aromatic heterocycles. The molecular formula is C16H21N3O5. The first kappa shape index (κ1) is 17.7. The van der Waals surface area contributed by atoms with Gasteiger partial charge in [-0.15, -0.1) is 0 Å². The lowest BCUT2D eigenvalue weighted by Crippen LogP contribution is -2.48. The topological polar surface area (TPSA) is 111 Å². The molecule has 24 heavy (non-hydrogen) atoms. The smallest absolute Gasteiger partial charge is 0.321 e. The number of urea groups is 1. The summed E-state index contributed by atoms with van der Waals surface area (Å²) in [5.74, 6) is 0.141. The van der Waals surface area contributed by atoms with Crippen LogP contribution in [0.2, 0.25) is 0 Å². The Morgan fingerprint density at radius 3 is 2.54 bits per heavy atom. The number of nitro groups is 1. The van der Waals surface area contributed by atoms with E-state index in [1.165, 1.54) is 30.7 Å². The summed E-state index contributed by atoms with van der Waals surface area (Å²) in [6.45, 7) is 1.75. The van der Waals surface area contributed by atoms with Crippen LogP contribution in [-0.2, 0) is 4.79 Å². The molecule has 1 saturated carbocycles. The molecule has 2 rings (SSSR count). The summed E-state index contributed by atoms with van der Waals surface area (Å²) in [5, 5.41) is 15.6. The zero-order valence-electron chi connectivity index (χ0n) is 13.5. The molecule has 2 N–H and O–H groups in total. The molecule has 0 radical (unpaired) electrons. The highest BCUT2D eigenvalue weighted by Crippen LogP contribution is 2.23. The molecule has 1 aromatic carbocycles. The summed E-state index contributed by atoms with van der Waals surface area (Å²) in [4.78, 5) is 33.6. The van der Waals surface area contributed by atoms with Crippen molar-refractivity contribution in [3.63, 3.8) is 0 Å². The fraction of sp³-hybridized carbons (Fsp3) is 0.500. The maximum atomic E-state index is 11.8. The van der Waals surface area contributed by atoms with E-state index in [1.807, 2.05) is 0 Å². The minimum absolute atomic E-state index is 0.0622. The number of non-ortho nitro benzene ring substituents is 1. The van der Waals surface area contributed by atoms with E-state index < -0.39 is 16.9 Å². The van der Waals surface area contributed by atoms with Crippen LogP contribution in [0.15, 0.2) is 24.3 Å². The molecule has 1 aromatic rings. The van der Waals surface area contributed by atoms with Crippen molar-refractivity contribution in [2.75, 3.05) is 6.61 Å². The van der Waals surface area contributed by atoms with Crippen LogP contribution in [-0.4, -0.2) is 29.5 Å². The zero-order chi connectivity index (χ0) is 17.5. The molecule has 0 unspecified atom stereocenters. The lowest BCUT2D eigenvalue weighted by Gasteiger charge is -2.29. The Morgan fingerprint density at radius 2 is 1.92 bits per heavy atom. The number of ether oxygens (including phenoxy) is 1. The molecule has 1 aliphatic rings. The fourth-order valence-corrected chi connectivity index (χ4v) is 2.71. The Hall–Kier alpha value is -2.64. The van der Waals surface area contributed by atoms with Gasteiger partial charge in [-0.1, -0.05) is 19.8 Å². The van der Waals surface area contributed by atoms with Crippen molar-refractivity contribution in [1.29, 1.82) is 0 Å². The highest BCUT2D eigenvalue weighted by Gasteiger charge is 2.23. The second-order valence-electron chi connectivity index (χ2n) is 5.93. The Labute approximate surface area is 139 Å². The van der Waals surface area contributed by atoms with Gasteiger partial charge in [-0.25, -0.2) is 4.79 Å². The summed E-state index contributed by atoms with van der Waals surface area (Å²) in [7, 11) is 0. The van der Waals surface area contributed by atoms with Crippen LogP contribution >= 0.6 is 0 Å².